The van der Waals surface area contributed by atoms with E-state index in [1.165, 1.54) is 4.90 Å². The number of carbonyl (C=O) groups is 3. The lowest BCUT2D eigenvalue weighted by molar-refractivity contribution is -0.107. The molecule has 1 amide bonds. The van der Waals surface area contributed by atoms with E-state index in [0.29, 0.717) is 11.4 Å². The number of rotatable bonds is 12. The molecule has 0 aliphatic carbocycles. The first-order valence-electron chi connectivity index (χ1n) is 13.7. The van der Waals surface area contributed by atoms with Crippen molar-refractivity contribution in [3.63, 3.8) is 0 Å². The molecule has 1 N–H and O–H groups in total. The Kier molecular flexibility index (Phi) is 9.24. The van der Waals surface area contributed by atoms with Gasteiger partial charge in [0.15, 0.2) is 0 Å². The van der Waals surface area contributed by atoms with Crippen molar-refractivity contribution in [1.82, 2.24) is 0 Å². The highest BCUT2D eigenvalue weighted by molar-refractivity contribution is 5.94. The lowest BCUT2D eigenvalue weighted by atomic mass is 10.0. The number of carboxylic acids is 1. The molecule has 7 nitrogen and oxygen atoms in total. The zero-order chi connectivity index (χ0) is 30.0. The van der Waals surface area contributed by atoms with Crippen LogP contribution in [0.25, 0.3) is 11.1 Å². The first-order valence-corrected chi connectivity index (χ1v) is 13.7. The number of aromatic carboxylic acids is 1. The second-order valence-corrected chi connectivity index (χ2v) is 9.83. The number of hydrogen-bond donors (Lipinski definition) is 1. The minimum atomic E-state index is -0.971. The van der Waals surface area contributed by atoms with Gasteiger partial charge in [0, 0.05) is 11.8 Å². The van der Waals surface area contributed by atoms with Crippen molar-refractivity contribution in [2.24, 2.45) is 0 Å². The van der Waals surface area contributed by atoms with Crippen molar-refractivity contribution in [3.05, 3.63) is 155 Å². The molecule has 0 saturated heterocycles. The van der Waals surface area contributed by atoms with Crippen LogP contribution in [-0.2, 0) is 29.3 Å². The zero-order valence-corrected chi connectivity index (χ0v) is 23.3. The molecule has 0 saturated carbocycles. The van der Waals surface area contributed by atoms with Gasteiger partial charge in [0.2, 0.25) is 6.41 Å². The number of hydrogen-bond acceptors (Lipinski definition) is 5. The van der Waals surface area contributed by atoms with E-state index in [0.717, 1.165) is 34.2 Å². The topological polar surface area (TPSA) is 93.1 Å². The Morgan fingerprint density at radius 1 is 0.674 bits per heavy atom. The Labute approximate surface area is 249 Å². The van der Waals surface area contributed by atoms with Gasteiger partial charge in [-0.2, -0.15) is 0 Å². The molecule has 0 aromatic heterocycles. The second-order valence-electron chi connectivity index (χ2n) is 9.83. The molecular formula is C36H29NO6. The Morgan fingerprint density at radius 3 is 1.84 bits per heavy atom. The summed E-state index contributed by atoms with van der Waals surface area (Å²) in [6.07, 6.45) is 0.738. The van der Waals surface area contributed by atoms with Crippen LogP contribution in [0.5, 0.6) is 5.75 Å². The maximum atomic E-state index is 13.1. The van der Waals surface area contributed by atoms with Crippen molar-refractivity contribution in [3.8, 4) is 16.9 Å². The second kappa shape index (κ2) is 13.8. The molecule has 0 atom stereocenters. The fraction of sp³-hybridized carbons (Fsp3) is 0.0833. The maximum absolute atomic E-state index is 13.1. The van der Waals surface area contributed by atoms with Gasteiger partial charge in [0.25, 0.3) is 0 Å². The normalized spacial score (nSPS) is 10.5. The number of nitrogens with zero attached hydrogens (tertiary/aromatic N) is 1. The lowest BCUT2D eigenvalue weighted by Gasteiger charge is -2.20. The number of amides is 1. The number of carboxylic acid groups (broad SMARTS) is 1. The number of anilines is 1. The molecule has 214 valence electrons. The van der Waals surface area contributed by atoms with Gasteiger partial charge in [-0.3, -0.25) is 4.79 Å². The van der Waals surface area contributed by atoms with Crippen molar-refractivity contribution in [2.45, 2.75) is 19.8 Å². The summed E-state index contributed by atoms with van der Waals surface area (Å²) in [5, 5.41) is 9.13. The fourth-order valence-corrected chi connectivity index (χ4v) is 4.51. The van der Waals surface area contributed by atoms with Crippen LogP contribution in [0, 0.1) is 0 Å². The smallest absolute Gasteiger partial charge is 0.342 e. The van der Waals surface area contributed by atoms with E-state index >= 15 is 0 Å². The Bertz CT molecular complexity index is 1680. The molecule has 5 rings (SSSR count). The van der Waals surface area contributed by atoms with Crippen LogP contribution in [0.15, 0.2) is 127 Å². The van der Waals surface area contributed by atoms with Crippen LogP contribution < -0.4 is 9.64 Å². The summed E-state index contributed by atoms with van der Waals surface area (Å²) < 4.78 is 11.7. The molecule has 43 heavy (non-hydrogen) atoms. The SMILES string of the molecule is O=CN(Cc1ccc(-c2ccc(C(=O)O)cc2)cc1)c1ccc(C(=O)OCc2ccccc2)c(OCc2ccccc2)c1. The van der Waals surface area contributed by atoms with E-state index < -0.39 is 11.9 Å². The summed E-state index contributed by atoms with van der Waals surface area (Å²) in [4.78, 5) is 37.9. The highest BCUT2D eigenvalue weighted by Crippen LogP contribution is 2.29. The fourth-order valence-electron chi connectivity index (χ4n) is 4.51. The largest absolute Gasteiger partial charge is 0.488 e. The van der Waals surface area contributed by atoms with Crippen LogP contribution in [-0.4, -0.2) is 23.5 Å². The monoisotopic (exact) mass is 571 g/mol. The molecule has 0 bridgehead atoms. The van der Waals surface area contributed by atoms with Gasteiger partial charge in [-0.25, -0.2) is 9.59 Å². The molecule has 0 radical (unpaired) electrons. The number of carbonyl (C=O) groups excluding carboxylic acids is 2. The van der Waals surface area contributed by atoms with Crippen molar-refractivity contribution in [2.75, 3.05) is 4.90 Å². The van der Waals surface area contributed by atoms with Gasteiger partial charge in [-0.1, -0.05) is 97.1 Å². The van der Waals surface area contributed by atoms with Crippen molar-refractivity contribution in [1.29, 1.82) is 0 Å². The molecular weight excluding hydrogens is 542 g/mol. The third-order valence-electron chi connectivity index (χ3n) is 6.87. The van der Waals surface area contributed by atoms with Crippen LogP contribution in [0.3, 0.4) is 0 Å². The van der Waals surface area contributed by atoms with Gasteiger partial charge in [0.1, 0.15) is 24.5 Å². The van der Waals surface area contributed by atoms with E-state index in [2.05, 4.69) is 0 Å². The van der Waals surface area contributed by atoms with E-state index in [-0.39, 0.29) is 30.9 Å². The van der Waals surface area contributed by atoms with Gasteiger partial charge < -0.3 is 19.5 Å². The van der Waals surface area contributed by atoms with Crippen LogP contribution in [0.4, 0.5) is 5.69 Å². The van der Waals surface area contributed by atoms with Crippen LogP contribution in [0.2, 0.25) is 0 Å². The summed E-state index contributed by atoms with van der Waals surface area (Å²) in [5.74, 6) is -1.18. The Morgan fingerprint density at radius 2 is 1.26 bits per heavy atom. The molecule has 0 aliphatic heterocycles. The van der Waals surface area contributed by atoms with Gasteiger partial charge in [-0.15, -0.1) is 0 Å². The van der Waals surface area contributed by atoms with Crippen LogP contribution in [0.1, 0.15) is 37.4 Å². The average Bonchev–Trinajstić information content (AvgIpc) is 3.06. The first-order chi connectivity index (χ1) is 21.0. The average molecular weight is 572 g/mol. The summed E-state index contributed by atoms with van der Waals surface area (Å²) in [6.45, 7) is 0.649. The summed E-state index contributed by atoms with van der Waals surface area (Å²) >= 11 is 0. The third kappa shape index (κ3) is 7.54. The summed E-state index contributed by atoms with van der Waals surface area (Å²) in [6, 6.07) is 38.4. The molecule has 0 heterocycles. The predicted molar refractivity (Wildman–Crippen MR) is 164 cm³/mol. The standard InChI is InChI=1S/C36H29NO6/c38-25-37(22-26-11-13-29(14-12-26)30-15-17-31(18-16-30)35(39)40)32-19-20-33(36(41)43-24-28-9-5-2-6-10-28)34(21-32)42-23-27-7-3-1-4-8-27/h1-21,25H,22-24H2,(H,39,40). The summed E-state index contributed by atoms with van der Waals surface area (Å²) in [5.41, 5.74) is 5.55. The number of esters is 1. The van der Waals surface area contributed by atoms with E-state index in [4.69, 9.17) is 14.6 Å². The third-order valence-corrected chi connectivity index (χ3v) is 6.87. The predicted octanol–water partition coefficient (Wildman–Crippen LogP) is 7.15. The minimum absolute atomic E-state index is 0.125. The highest BCUT2D eigenvalue weighted by atomic mass is 16.5. The highest BCUT2D eigenvalue weighted by Gasteiger charge is 2.18. The summed E-state index contributed by atoms with van der Waals surface area (Å²) in [7, 11) is 0. The zero-order valence-electron chi connectivity index (χ0n) is 23.3. The number of benzene rings is 5. The molecule has 0 spiro atoms. The Hall–Kier alpha value is -5.69. The van der Waals surface area contributed by atoms with Crippen molar-refractivity contribution >= 4 is 24.0 Å². The molecule has 5 aromatic carbocycles. The van der Waals surface area contributed by atoms with Gasteiger partial charge >= 0.3 is 11.9 Å². The molecule has 0 aliphatic rings. The number of ether oxygens (including phenoxy) is 2. The molecule has 5 aromatic rings. The van der Waals surface area contributed by atoms with Crippen molar-refractivity contribution < 1.29 is 29.0 Å². The maximum Gasteiger partial charge on any atom is 0.342 e. The van der Waals surface area contributed by atoms with E-state index in [9.17, 15) is 14.4 Å². The lowest BCUT2D eigenvalue weighted by Crippen LogP contribution is -2.20. The minimum Gasteiger partial charge on any atom is -0.488 e. The van der Waals surface area contributed by atoms with Gasteiger partial charge in [0.05, 0.1) is 12.1 Å². The van der Waals surface area contributed by atoms with Crippen LogP contribution >= 0.6 is 0 Å². The van der Waals surface area contributed by atoms with E-state index in [1.54, 1.807) is 42.5 Å². The van der Waals surface area contributed by atoms with Gasteiger partial charge in [-0.05, 0) is 52.1 Å². The Balaban J connectivity index is 1.34. The molecule has 0 fully saturated rings. The molecule has 0 unspecified atom stereocenters. The van der Waals surface area contributed by atoms with E-state index in [1.807, 2.05) is 84.9 Å². The quantitative estimate of drug-likeness (QED) is 0.126. The first kappa shape index (κ1) is 28.8. The molecule has 7 heteroatoms.